The van der Waals surface area contributed by atoms with E-state index < -0.39 is 6.10 Å². The van der Waals surface area contributed by atoms with Crippen LogP contribution in [0.15, 0.2) is 54.6 Å². The van der Waals surface area contributed by atoms with Gasteiger partial charge in [-0.25, -0.2) is 9.97 Å². The van der Waals surface area contributed by atoms with E-state index in [1.54, 1.807) is 6.07 Å². The first kappa shape index (κ1) is 25.4. The fourth-order valence-corrected chi connectivity index (χ4v) is 4.52. The number of aromatic nitrogens is 2. The summed E-state index contributed by atoms with van der Waals surface area (Å²) in [4.78, 5) is 8.77. The number of anilines is 2. The molecular formula is C27H35N6O4+. The Morgan fingerprint density at radius 1 is 1.22 bits per heavy atom. The maximum absolute atomic E-state index is 9.57. The summed E-state index contributed by atoms with van der Waals surface area (Å²) in [5.41, 5.74) is 2.67. The standard InChI is InChI=1S/C27H34N6O4/c1-16-7-17(3-6-25(16)37-26-8-18(11-29-14-28-2)32-24-10-21(24)26)33-27-22-9-20(36-13-19(35)12-34)4-5-23(22)30-15-31-27/h3-9,15,18-19,21,24,28-29,32,34-35H,10-14H2,1-2H3,(H,30,31,33)/p+1. The van der Waals surface area contributed by atoms with E-state index in [1.165, 1.54) is 6.33 Å². The first-order valence-corrected chi connectivity index (χ1v) is 12.7. The molecule has 2 aromatic carbocycles. The average Bonchev–Trinajstić information content (AvgIpc) is 3.69. The fourth-order valence-electron chi connectivity index (χ4n) is 4.52. The van der Waals surface area contributed by atoms with Crippen LogP contribution in [0.4, 0.5) is 11.5 Å². The number of aliphatic hydroxyl groups excluding tert-OH is 2. The van der Waals surface area contributed by atoms with Gasteiger partial charge in [0.05, 0.1) is 19.2 Å². The lowest BCUT2D eigenvalue weighted by Crippen LogP contribution is -2.83. The number of quaternary nitrogens is 1. The Labute approximate surface area is 216 Å². The third-order valence-electron chi connectivity index (χ3n) is 6.59. The summed E-state index contributed by atoms with van der Waals surface area (Å²) in [5, 5.41) is 32.0. The van der Waals surface area contributed by atoms with Crippen LogP contribution in [0.2, 0.25) is 0 Å². The topological polar surface area (TPSA) is 137 Å². The van der Waals surface area contributed by atoms with Crippen molar-refractivity contribution in [1.29, 1.82) is 0 Å². The second-order valence-electron chi connectivity index (χ2n) is 9.61. The molecule has 3 aromatic rings. The molecule has 4 unspecified atom stereocenters. The van der Waals surface area contributed by atoms with Gasteiger partial charge in [0.1, 0.15) is 48.8 Å². The lowest BCUT2D eigenvalue weighted by molar-refractivity contribution is -0.631. The number of ether oxygens (including phenoxy) is 2. The van der Waals surface area contributed by atoms with Crippen LogP contribution in [0.1, 0.15) is 12.0 Å². The number of aryl methyl sites for hydroxylation is 1. The highest BCUT2D eigenvalue weighted by Crippen LogP contribution is 2.42. The normalized spacial score (nSPS) is 21.2. The van der Waals surface area contributed by atoms with Gasteiger partial charge in [-0.1, -0.05) is 0 Å². The second-order valence-corrected chi connectivity index (χ2v) is 9.61. The summed E-state index contributed by atoms with van der Waals surface area (Å²) in [6, 6.07) is 12.2. The van der Waals surface area contributed by atoms with Gasteiger partial charge in [-0.05, 0) is 61.4 Å². The molecule has 0 radical (unpaired) electrons. The number of nitrogens with zero attached hydrogens (tertiary/aromatic N) is 2. The predicted molar refractivity (Wildman–Crippen MR) is 141 cm³/mol. The highest BCUT2D eigenvalue weighted by Gasteiger charge is 2.45. The minimum atomic E-state index is -0.933. The lowest BCUT2D eigenvalue weighted by atomic mass is 10.1. The molecule has 2 aliphatic rings. The minimum Gasteiger partial charge on any atom is -0.491 e. The molecule has 10 nitrogen and oxygen atoms in total. The van der Waals surface area contributed by atoms with E-state index in [-0.39, 0.29) is 19.3 Å². The Morgan fingerprint density at radius 2 is 2.11 bits per heavy atom. The van der Waals surface area contributed by atoms with Crippen molar-refractivity contribution in [3.8, 4) is 11.5 Å². The molecule has 1 aliphatic carbocycles. The average molecular weight is 508 g/mol. The van der Waals surface area contributed by atoms with Crippen LogP contribution >= 0.6 is 0 Å². The first-order valence-electron chi connectivity index (χ1n) is 12.7. The van der Waals surface area contributed by atoms with Gasteiger partial charge in [0.25, 0.3) is 0 Å². The van der Waals surface area contributed by atoms with Crippen LogP contribution in [0.3, 0.4) is 0 Å². The molecular weight excluding hydrogens is 472 g/mol. The summed E-state index contributed by atoms with van der Waals surface area (Å²) in [5.74, 6) is 3.57. The summed E-state index contributed by atoms with van der Waals surface area (Å²) < 4.78 is 12.0. The molecule has 0 spiro atoms. The number of hydrogen-bond donors (Lipinski definition) is 6. The lowest BCUT2D eigenvalue weighted by Gasteiger charge is -2.23. The monoisotopic (exact) mass is 507 g/mol. The number of nitrogens with two attached hydrogens (primary N) is 1. The molecule has 10 heteroatoms. The number of nitrogens with one attached hydrogen (secondary N) is 3. The Hall–Kier alpha value is -3.28. The zero-order valence-corrected chi connectivity index (χ0v) is 21.1. The van der Waals surface area contributed by atoms with Crippen molar-refractivity contribution in [3.63, 3.8) is 0 Å². The van der Waals surface area contributed by atoms with Gasteiger partial charge < -0.3 is 35.6 Å². The highest BCUT2D eigenvalue weighted by molar-refractivity contribution is 5.91. The third kappa shape index (κ3) is 6.17. The Balaban J connectivity index is 1.29. The molecule has 1 saturated carbocycles. The molecule has 1 fully saturated rings. The number of aliphatic hydroxyl groups is 2. The Kier molecular flexibility index (Phi) is 7.82. The number of hydrogen-bond acceptors (Lipinski definition) is 9. The highest BCUT2D eigenvalue weighted by atomic mass is 16.5. The van der Waals surface area contributed by atoms with Crippen molar-refractivity contribution in [2.24, 2.45) is 5.92 Å². The van der Waals surface area contributed by atoms with Crippen molar-refractivity contribution in [1.82, 2.24) is 20.6 Å². The van der Waals surface area contributed by atoms with Crippen molar-refractivity contribution >= 4 is 22.4 Å². The van der Waals surface area contributed by atoms with Gasteiger partial charge in [0.15, 0.2) is 0 Å². The van der Waals surface area contributed by atoms with Crippen LogP contribution in [-0.2, 0) is 0 Å². The molecule has 196 valence electrons. The van der Waals surface area contributed by atoms with Crippen LogP contribution in [0, 0.1) is 12.8 Å². The number of benzene rings is 2. The van der Waals surface area contributed by atoms with Crippen molar-refractivity contribution < 1.29 is 25.0 Å². The zero-order chi connectivity index (χ0) is 25.8. The third-order valence-corrected chi connectivity index (χ3v) is 6.59. The van der Waals surface area contributed by atoms with Crippen LogP contribution in [0.25, 0.3) is 10.9 Å². The van der Waals surface area contributed by atoms with Crippen LogP contribution < -0.4 is 30.7 Å². The molecule has 5 rings (SSSR count). The van der Waals surface area contributed by atoms with E-state index in [0.717, 1.165) is 53.3 Å². The maximum Gasteiger partial charge on any atom is 0.141 e. The van der Waals surface area contributed by atoms with Crippen molar-refractivity contribution in [2.75, 3.05) is 38.8 Å². The van der Waals surface area contributed by atoms with Crippen molar-refractivity contribution in [2.45, 2.75) is 31.5 Å². The second kappa shape index (κ2) is 11.4. The molecule has 0 amide bonds. The van der Waals surface area contributed by atoms with E-state index in [2.05, 4.69) is 44.4 Å². The summed E-state index contributed by atoms with van der Waals surface area (Å²) in [6.45, 7) is 3.46. The van der Waals surface area contributed by atoms with Gasteiger partial charge >= 0.3 is 0 Å². The van der Waals surface area contributed by atoms with Gasteiger partial charge in [0.2, 0.25) is 0 Å². The summed E-state index contributed by atoms with van der Waals surface area (Å²) >= 11 is 0. The van der Waals surface area contributed by atoms with Gasteiger partial charge in [-0.15, -0.1) is 0 Å². The summed E-state index contributed by atoms with van der Waals surface area (Å²) in [6.07, 6.45) is 3.92. The van der Waals surface area contributed by atoms with Gasteiger partial charge in [-0.2, -0.15) is 0 Å². The van der Waals surface area contributed by atoms with Gasteiger partial charge in [-0.3, -0.25) is 5.32 Å². The Morgan fingerprint density at radius 3 is 2.92 bits per heavy atom. The molecule has 2 heterocycles. The fraction of sp³-hybridized carbons (Fsp3) is 0.407. The largest absolute Gasteiger partial charge is 0.491 e. The minimum absolute atomic E-state index is 0.00181. The van der Waals surface area contributed by atoms with Crippen LogP contribution in [-0.4, -0.2) is 71.8 Å². The van der Waals surface area contributed by atoms with Gasteiger partial charge in [0, 0.05) is 35.6 Å². The first-order chi connectivity index (χ1) is 18.0. The molecule has 37 heavy (non-hydrogen) atoms. The smallest absolute Gasteiger partial charge is 0.141 e. The number of rotatable bonds is 12. The summed E-state index contributed by atoms with van der Waals surface area (Å²) in [7, 11) is 2.05. The molecule has 4 atom stereocenters. The van der Waals surface area contributed by atoms with Crippen LogP contribution in [0.5, 0.6) is 11.5 Å². The molecule has 1 aliphatic heterocycles. The molecule has 0 bridgehead atoms. The maximum atomic E-state index is 9.57. The van der Waals surface area contributed by atoms with E-state index in [4.69, 9.17) is 14.6 Å². The van der Waals surface area contributed by atoms with E-state index in [9.17, 15) is 5.11 Å². The van der Waals surface area contributed by atoms with E-state index in [0.29, 0.717) is 23.5 Å². The molecule has 7 N–H and O–H groups in total. The van der Waals surface area contributed by atoms with E-state index >= 15 is 0 Å². The SMILES string of the molecule is C[NH2+]CNCC1C=C(Oc2ccc(Nc3ncnc4ccc(OCC(O)CO)cc34)cc2C)C2CC2N1. The quantitative estimate of drug-likeness (QED) is 0.155. The predicted octanol–water partition coefficient (Wildman–Crippen LogP) is 0.777. The zero-order valence-electron chi connectivity index (χ0n) is 21.1. The Bertz CT molecular complexity index is 1270. The molecule has 0 saturated heterocycles. The van der Waals surface area contributed by atoms with Crippen molar-refractivity contribution in [3.05, 3.63) is 60.1 Å². The molecule has 1 aromatic heterocycles. The van der Waals surface area contributed by atoms with E-state index in [1.807, 2.05) is 37.3 Å². The number of fused-ring (bicyclic) bond motifs is 2.